The first kappa shape index (κ1) is 16.9. The van der Waals surface area contributed by atoms with Crippen molar-refractivity contribution in [3.05, 3.63) is 34.1 Å². The van der Waals surface area contributed by atoms with Gasteiger partial charge in [0.1, 0.15) is 5.82 Å². The molecule has 0 saturated carbocycles. The molecule has 4 heteroatoms. The van der Waals surface area contributed by atoms with Crippen LogP contribution in [0.4, 0.5) is 4.39 Å². The minimum Gasteiger partial charge on any atom is -0.378 e. The summed E-state index contributed by atoms with van der Waals surface area (Å²) < 4.78 is 20.1. The molecular weight excluding hydrogens is 333 g/mol. The summed E-state index contributed by atoms with van der Waals surface area (Å²) in [6, 6.07) is 5.61. The van der Waals surface area contributed by atoms with E-state index in [1.54, 1.807) is 6.07 Å². The molecule has 1 fully saturated rings. The van der Waals surface area contributed by atoms with Gasteiger partial charge in [-0.2, -0.15) is 0 Å². The molecule has 1 aromatic carbocycles. The Balaban J connectivity index is 1.99. The molecule has 1 aromatic rings. The Morgan fingerprint density at radius 1 is 1.43 bits per heavy atom. The third-order valence-electron chi connectivity index (χ3n) is 4.00. The van der Waals surface area contributed by atoms with Gasteiger partial charge in [-0.15, -0.1) is 0 Å². The minimum absolute atomic E-state index is 0.185. The topological polar surface area (TPSA) is 21.3 Å². The van der Waals surface area contributed by atoms with E-state index in [0.29, 0.717) is 16.6 Å². The highest BCUT2D eigenvalue weighted by atomic mass is 79.9. The summed E-state index contributed by atoms with van der Waals surface area (Å²) in [7, 11) is 0. The van der Waals surface area contributed by atoms with Crippen molar-refractivity contribution in [3.8, 4) is 0 Å². The number of hydrogen-bond acceptors (Lipinski definition) is 2. The van der Waals surface area contributed by atoms with Crippen molar-refractivity contribution in [1.82, 2.24) is 5.32 Å². The van der Waals surface area contributed by atoms with Crippen molar-refractivity contribution in [3.63, 3.8) is 0 Å². The lowest BCUT2D eigenvalue weighted by Crippen LogP contribution is -2.37. The van der Waals surface area contributed by atoms with Crippen LogP contribution in [0.25, 0.3) is 0 Å². The van der Waals surface area contributed by atoms with Gasteiger partial charge in [-0.3, -0.25) is 0 Å². The van der Waals surface area contributed by atoms with Crippen molar-refractivity contribution < 1.29 is 9.13 Å². The van der Waals surface area contributed by atoms with Crippen molar-refractivity contribution >= 4 is 15.9 Å². The Kier molecular flexibility index (Phi) is 7.14. The zero-order valence-corrected chi connectivity index (χ0v) is 14.3. The van der Waals surface area contributed by atoms with Crippen molar-refractivity contribution in [2.75, 3.05) is 13.2 Å². The second kappa shape index (κ2) is 8.86. The monoisotopic (exact) mass is 357 g/mol. The van der Waals surface area contributed by atoms with Crippen molar-refractivity contribution in [1.29, 1.82) is 0 Å². The Morgan fingerprint density at radius 2 is 2.29 bits per heavy atom. The van der Waals surface area contributed by atoms with Crippen LogP contribution in [-0.2, 0) is 11.2 Å². The number of rotatable bonds is 7. The van der Waals surface area contributed by atoms with Gasteiger partial charge in [0.15, 0.2) is 0 Å². The van der Waals surface area contributed by atoms with Crippen molar-refractivity contribution in [2.24, 2.45) is 0 Å². The average molecular weight is 358 g/mol. The second-order valence-corrected chi connectivity index (χ2v) is 6.59. The van der Waals surface area contributed by atoms with Gasteiger partial charge >= 0.3 is 0 Å². The normalized spacial score (nSPS) is 20.4. The van der Waals surface area contributed by atoms with Crippen LogP contribution in [0.3, 0.4) is 0 Å². The lowest BCUT2D eigenvalue weighted by molar-refractivity contribution is 0.00525. The number of hydrogen-bond donors (Lipinski definition) is 1. The maximum Gasteiger partial charge on any atom is 0.137 e. The molecule has 0 aliphatic carbocycles. The van der Waals surface area contributed by atoms with Crippen LogP contribution in [-0.4, -0.2) is 25.3 Å². The van der Waals surface area contributed by atoms with Crippen LogP contribution >= 0.6 is 15.9 Å². The third kappa shape index (κ3) is 5.35. The van der Waals surface area contributed by atoms with E-state index in [-0.39, 0.29) is 5.82 Å². The third-order valence-corrected chi connectivity index (χ3v) is 4.89. The van der Waals surface area contributed by atoms with Crippen LogP contribution < -0.4 is 5.32 Å². The second-order valence-electron chi connectivity index (χ2n) is 5.79. The van der Waals surface area contributed by atoms with Gasteiger partial charge in [0.05, 0.1) is 10.6 Å². The van der Waals surface area contributed by atoms with Gasteiger partial charge in [-0.25, -0.2) is 4.39 Å². The first-order valence-electron chi connectivity index (χ1n) is 7.98. The quantitative estimate of drug-likeness (QED) is 0.777. The molecule has 0 aromatic heterocycles. The van der Waals surface area contributed by atoms with Gasteiger partial charge in [0, 0.05) is 12.6 Å². The maximum absolute atomic E-state index is 13.6. The summed E-state index contributed by atoms with van der Waals surface area (Å²) >= 11 is 3.37. The molecule has 118 valence electrons. The van der Waals surface area contributed by atoms with Crippen LogP contribution in [0.2, 0.25) is 0 Å². The Labute approximate surface area is 135 Å². The number of benzene rings is 1. The molecule has 1 heterocycles. The van der Waals surface area contributed by atoms with E-state index in [1.165, 1.54) is 18.9 Å². The minimum atomic E-state index is -0.185. The highest BCUT2D eigenvalue weighted by Gasteiger charge is 2.20. The van der Waals surface area contributed by atoms with Gasteiger partial charge < -0.3 is 10.1 Å². The fourth-order valence-electron chi connectivity index (χ4n) is 2.87. The van der Waals surface area contributed by atoms with Gasteiger partial charge in [-0.05, 0) is 72.6 Å². The molecule has 1 saturated heterocycles. The first-order chi connectivity index (χ1) is 10.2. The molecule has 2 rings (SSSR count). The predicted molar refractivity (Wildman–Crippen MR) is 88.1 cm³/mol. The van der Waals surface area contributed by atoms with E-state index in [2.05, 4.69) is 28.2 Å². The van der Waals surface area contributed by atoms with Crippen LogP contribution in [0.15, 0.2) is 22.7 Å². The molecule has 0 spiro atoms. The maximum atomic E-state index is 13.6. The Hall–Kier alpha value is -0.450. The summed E-state index contributed by atoms with van der Waals surface area (Å²) in [6.07, 6.45) is 6.87. The van der Waals surface area contributed by atoms with Crippen LogP contribution in [0, 0.1) is 5.82 Å². The number of ether oxygens (including phenoxy) is 1. The summed E-state index contributed by atoms with van der Waals surface area (Å²) in [5.74, 6) is -0.185. The standard InChI is InChI=1S/C17H25BrFNO/c1-2-9-20-14(12-15-7-3-4-10-21-15)11-13-6-5-8-16(19)17(13)18/h5-6,8,14-15,20H,2-4,7,9-12H2,1H3. The largest absolute Gasteiger partial charge is 0.378 e. The molecule has 0 radical (unpaired) electrons. The molecule has 21 heavy (non-hydrogen) atoms. The summed E-state index contributed by atoms with van der Waals surface area (Å²) in [5, 5.41) is 3.59. The fraction of sp³-hybridized carbons (Fsp3) is 0.647. The van der Waals surface area contributed by atoms with E-state index >= 15 is 0 Å². The van der Waals surface area contributed by atoms with E-state index < -0.39 is 0 Å². The lowest BCUT2D eigenvalue weighted by Gasteiger charge is -2.28. The van der Waals surface area contributed by atoms with Crippen molar-refractivity contribution in [2.45, 2.75) is 57.6 Å². The number of halogens is 2. The smallest absolute Gasteiger partial charge is 0.137 e. The summed E-state index contributed by atoms with van der Waals surface area (Å²) in [4.78, 5) is 0. The zero-order chi connectivity index (χ0) is 15.1. The predicted octanol–water partition coefficient (Wildman–Crippen LogP) is 4.46. The molecule has 2 unspecified atom stereocenters. The molecular formula is C17H25BrFNO. The van der Waals surface area contributed by atoms with Gasteiger partial charge in [0.25, 0.3) is 0 Å². The van der Waals surface area contributed by atoms with Gasteiger partial charge in [-0.1, -0.05) is 19.1 Å². The zero-order valence-electron chi connectivity index (χ0n) is 12.7. The SMILES string of the molecule is CCCNC(Cc1cccc(F)c1Br)CC1CCCCO1. The molecule has 1 aliphatic rings. The Bertz CT molecular complexity index is 435. The summed E-state index contributed by atoms with van der Waals surface area (Å²) in [6.45, 7) is 4.04. The fourth-order valence-corrected chi connectivity index (χ4v) is 3.30. The van der Waals surface area contributed by atoms with E-state index in [1.807, 2.05) is 6.07 Å². The highest BCUT2D eigenvalue weighted by molar-refractivity contribution is 9.10. The summed E-state index contributed by atoms with van der Waals surface area (Å²) in [5.41, 5.74) is 1.03. The molecule has 1 N–H and O–H groups in total. The molecule has 2 nitrogen and oxygen atoms in total. The first-order valence-corrected chi connectivity index (χ1v) is 8.78. The van der Waals surface area contributed by atoms with E-state index in [9.17, 15) is 4.39 Å². The molecule has 1 aliphatic heterocycles. The van der Waals surface area contributed by atoms with E-state index in [0.717, 1.165) is 44.4 Å². The number of nitrogens with one attached hydrogen (secondary N) is 1. The lowest BCUT2D eigenvalue weighted by atomic mass is 9.96. The van der Waals surface area contributed by atoms with Gasteiger partial charge in [0.2, 0.25) is 0 Å². The average Bonchev–Trinajstić information content (AvgIpc) is 2.50. The molecule has 0 bridgehead atoms. The molecule has 2 atom stereocenters. The highest BCUT2D eigenvalue weighted by Crippen LogP contribution is 2.24. The van der Waals surface area contributed by atoms with E-state index in [4.69, 9.17) is 4.74 Å². The van der Waals surface area contributed by atoms with Crippen LogP contribution in [0.5, 0.6) is 0 Å². The van der Waals surface area contributed by atoms with Crippen LogP contribution in [0.1, 0.15) is 44.6 Å². The molecule has 0 amide bonds. The Morgan fingerprint density at radius 3 is 3.00 bits per heavy atom.